The lowest BCUT2D eigenvalue weighted by molar-refractivity contribution is -0.145. The average Bonchev–Trinajstić information content (AvgIpc) is 2.32. The first-order chi connectivity index (χ1) is 8.42. The van der Waals surface area contributed by atoms with Crippen LogP contribution in [0, 0.1) is 5.92 Å². The lowest BCUT2D eigenvalue weighted by Crippen LogP contribution is -2.45. The Hall–Kier alpha value is -1.59. The van der Waals surface area contributed by atoms with Crippen molar-refractivity contribution in [3.63, 3.8) is 0 Å². The second-order valence-electron chi connectivity index (χ2n) is 4.07. The molecule has 0 aromatic carbocycles. The van der Waals surface area contributed by atoms with E-state index in [9.17, 15) is 14.4 Å². The molecule has 0 rings (SSSR count). The maximum atomic E-state index is 11.5. The average molecular weight is 259 g/mol. The molecule has 2 atom stereocenters. The van der Waals surface area contributed by atoms with E-state index in [2.05, 4.69) is 10.1 Å². The number of hydrogen-bond donors (Lipinski definition) is 2. The van der Waals surface area contributed by atoms with Crippen LogP contribution in [0.15, 0.2) is 0 Å². The number of carbonyl (C=O) groups is 3. The van der Waals surface area contributed by atoms with Gasteiger partial charge >= 0.3 is 11.9 Å². The van der Waals surface area contributed by atoms with E-state index in [1.165, 1.54) is 0 Å². The van der Waals surface area contributed by atoms with Crippen molar-refractivity contribution in [3.05, 3.63) is 0 Å². The molecular weight excluding hydrogens is 238 g/mol. The maximum absolute atomic E-state index is 11.5. The molecule has 0 aliphatic heterocycles. The summed E-state index contributed by atoms with van der Waals surface area (Å²) in [7, 11) is 0. The van der Waals surface area contributed by atoms with Crippen molar-refractivity contribution in [2.24, 2.45) is 5.92 Å². The van der Waals surface area contributed by atoms with Crippen molar-refractivity contribution < 1.29 is 24.2 Å². The molecule has 18 heavy (non-hydrogen) atoms. The number of nitrogens with one attached hydrogen (secondary N) is 1. The monoisotopic (exact) mass is 259 g/mol. The first-order valence-corrected chi connectivity index (χ1v) is 6.10. The van der Waals surface area contributed by atoms with Crippen LogP contribution in [0.3, 0.4) is 0 Å². The molecule has 0 aromatic heterocycles. The van der Waals surface area contributed by atoms with Crippen molar-refractivity contribution in [1.29, 1.82) is 0 Å². The molecule has 0 saturated heterocycles. The predicted molar refractivity (Wildman–Crippen MR) is 64.9 cm³/mol. The minimum atomic E-state index is -1.06. The molecule has 0 heterocycles. The molecular formula is C12H21NO5. The van der Waals surface area contributed by atoms with Gasteiger partial charge in [-0.25, -0.2) is 4.79 Å². The van der Waals surface area contributed by atoms with Gasteiger partial charge in [0.05, 0.1) is 13.0 Å². The molecule has 0 radical (unpaired) electrons. The van der Waals surface area contributed by atoms with Gasteiger partial charge in [-0.2, -0.15) is 0 Å². The van der Waals surface area contributed by atoms with Crippen molar-refractivity contribution in [2.45, 2.75) is 46.1 Å². The van der Waals surface area contributed by atoms with Gasteiger partial charge in [-0.3, -0.25) is 9.59 Å². The summed E-state index contributed by atoms with van der Waals surface area (Å²) in [5, 5.41) is 11.4. The minimum Gasteiger partial charge on any atom is -0.480 e. The number of carbonyl (C=O) groups excluding carboxylic acids is 2. The van der Waals surface area contributed by atoms with Gasteiger partial charge in [0, 0.05) is 6.42 Å². The van der Waals surface area contributed by atoms with Crippen LogP contribution >= 0.6 is 0 Å². The zero-order valence-electron chi connectivity index (χ0n) is 11.1. The molecule has 0 spiro atoms. The first-order valence-electron chi connectivity index (χ1n) is 6.10. The third-order valence-electron chi connectivity index (χ3n) is 2.66. The second-order valence-corrected chi connectivity index (χ2v) is 4.07. The van der Waals surface area contributed by atoms with E-state index >= 15 is 0 Å². The lowest BCUT2D eigenvalue weighted by Gasteiger charge is -2.19. The van der Waals surface area contributed by atoms with Crippen molar-refractivity contribution in [3.8, 4) is 0 Å². The van der Waals surface area contributed by atoms with Crippen LogP contribution in [0.2, 0.25) is 0 Å². The number of aliphatic carboxylic acids is 1. The van der Waals surface area contributed by atoms with Gasteiger partial charge in [0.15, 0.2) is 0 Å². The van der Waals surface area contributed by atoms with E-state index in [0.29, 0.717) is 6.42 Å². The molecule has 0 bridgehead atoms. The van der Waals surface area contributed by atoms with Gasteiger partial charge in [-0.05, 0) is 12.8 Å². The molecule has 104 valence electrons. The Morgan fingerprint density at radius 3 is 2.28 bits per heavy atom. The second kappa shape index (κ2) is 8.49. The largest absolute Gasteiger partial charge is 0.480 e. The van der Waals surface area contributed by atoms with E-state index in [1.807, 2.05) is 6.92 Å². The van der Waals surface area contributed by atoms with Crippen LogP contribution in [0.4, 0.5) is 0 Å². The molecule has 0 fully saturated rings. The molecule has 0 saturated carbocycles. The summed E-state index contributed by atoms with van der Waals surface area (Å²) < 4.78 is 4.68. The Kier molecular flexibility index (Phi) is 7.74. The summed E-state index contributed by atoms with van der Waals surface area (Å²) in [6.07, 6.45) is 0.556. The zero-order valence-corrected chi connectivity index (χ0v) is 11.1. The van der Waals surface area contributed by atoms with Crippen molar-refractivity contribution >= 4 is 17.8 Å². The molecule has 6 heteroatoms. The Labute approximate surface area is 107 Å². The third-order valence-corrected chi connectivity index (χ3v) is 2.66. The summed E-state index contributed by atoms with van der Waals surface area (Å²) in [6, 6.07) is -0.912. The quantitative estimate of drug-likeness (QED) is 0.633. The summed E-state index contributed by atoms with van der Waals surface area (Å²) in [5.41, 5.74) is 0. The van der Waals surface area contributed by atoms with Gasteiger partial charge in [0.25, 0.3) is 0 Å². The number of carboxylic acid groups (broad SMARTS) is 1. The van der Waals surface area contributed by atoms with E-state index in [1.54, 1.807) is 13.8 Å². The Balaban J connectivity index is 4.19. The van der Waals surface area contributed by atoms with E-state index in [0.717, 1.165) is 0 Å². The highest BCUT2D eigenvalue weighted by Crippen LogP contribution is 2.08. The molecule has 0 aliphatic rings. The van der Waals surface area contributed by atoms with E-state index < -0.39 is 23.9 Å². The fourth-order valence-corrected chi connectivity index (χ4v) is 1.38. The van der Waals surface area contributed by atoms with Crippen LogP contribution in [-0.2, 0) is 19.1 Å². The fourth-order valence-electron chi connectivity index (χ4n) is 1.38. The number of esters is 1. The predicted octanol–water partition coefficient (Wildman–Crippen LogP) is 0.945. The van der Waals surface area contributed by atoms with Crippen LogP contribution < -0.4 is 5.32 Å². The summed E-state index contributed by atoms with van der Waals surface area (Å²) in [6.45, 7) is 5.56. The summed E-state index contributed by atoms with van der Waals surface area (Å²) in [4.78, 5) is 33.5. The van der Waals surface area contributed by atoms with Gasteiger partial charge in [0.1, 0.15) is 6.04 Å². The van der Waals surface area contributed by atoms with Gasteiger partial charge in [-0.1, -0.05) is 20.3 Å². The minimum absolute atomic E-state index is 0.0352. The van der Waals surface area contributed by atoms with E-state index in [-0.39, 0.29) is 25.4 Å². The Morgan fingerprint density at radius 2 is 1.83 bits per heavy atom. The summed E-state index contributed by atoms with van der Waals surface area (Å²) >= 11 is 0. The first kappa shape index (κ1) is 16.4. The normalized spacial score (nSPS) is 13.5. The highest BCUT2D eigenvalue weighted by molar-refractivity contribution is 5.85. The molecule has 0 aliphatic carbocycles. The van der Waals surface area contributed by atoms with Crippen LogP contribution in [0.1, 0.15) is 40.0 Å². The number of ether oxygens (including phenoxy) is 1. The van der Waals surface area contributed by atoms with Gasteiger partial charge in [-0.15, -0.1) is 0 Å². The van der Waals surface area contributed by atoms with Crippen LogP contribution in [0.25, 0.3) is 0 Å². The number of amides is 1. The molecule has 0 aromatic rings. The molecule has 1 unspecified atom stereocenters. The molecule has 2 N–H and O–H groups in total. The smallest absolute Gasteiger partial charge is 0.326 e. The SMILES string of the molecule is CCOC(=O)CCC(=O)N[C@H](C(=O)O)C(C)CC. The number of carboxylic acids is 1. The topological polar surface area (TPSA) is 92.7 Å². The lowest BCUT2D eigenvalue weighted by atomic mass is 9.99. The standard InChI is InChI=1S/C12H21NO5/c1-4-8(3)11(12(16)17)13-9(14)6-7-10(15)18-5-2/h8,11H,4-7H2,1-3H3,(H,13,14)(H,16,17)/t8?,11-/m0/s1. The number of hydrogen-bond acceptors (Lipinski definition) is 4. The van der Waals surface area contributed by atoms with Crippen molar-refractivity contribution in [1.82, 2.24) is 5.32 Å². The number of rotatable bonds is 8. The molecule has 1 amide bonds. The zero-order chi connectivity index (χ0) is 14.1. The Morgan fingerprint density at radius 1 is 1.22 bits per heavy atom. The van der Waals surface area contributed by atoms with E-state index in [4.69, 9.17) is 5.11 Å². The highest BCUT2D eigenvalue weighted by Gasteiger charge is 2.25. The van der Waals surface area contributed by atoms with Crippen LogP contribution in [0.5, 0.6) is 0 Å². The third kappa shape index (κ3) is 6.22. The van der Waals surface area contributed by atoms with Gasteiger partial charge in [0.2, 0.25) is 5.91 Å². The molecule has 6 nitrogen and oxygen atoms in total. The highest BCUT2D eigenvalue weighted by atomic mass is 16.5. The summed E-state index contributed by atoms with van der Waals surface area (Å²) in [5.74, 6) is -2.12. The fraction of sp³-hybridized carbons (Fsp3) is 0.750. The maximum Gasteiger partial charge on any atom is 0.326 e. The van der Waals surface area contributed by atoms with Crippen molar-refractivity contribution in [2.75, 3.05) is 6.61 Å². The van der Waals surface area contributed by atoms with Crippen LogP contribution in [-0.4, -0.2) is 35.6 Å². The Bertz CT molecular complexity index is 303. The van der Waals surface area contributed by atoms with Gasteiger partial charge < -0.3 is 15.2 Å².